The first-order valence-corrected chi connectivity index (χ1v) is 9.07. The maximum Gasteiger partial charge on any atom is 0.274 e. The molecule has 1 aromatic rings. The van der Waals surface area contributed by atoms with Crippen molar-refractivity contribution >= 4 is 23.2 Å². The summed E-state index contributed by atoms with van der Waals surface area (Å²) in [7, 11) is 0. The maximum atomic E-state index is 13.0. The van der Waals surface area contributed by atoms with E-state index in [0.29, 0.717) is 32.9 Å². The third-order valence-electron chi connectivity index (χ3n) is 4.97. The van der Waals surface area contributed by atoms with E-state index < -0.39 is 0 Å². The van der Waals surface area contributed by atoms with E-state index in [0.717, 1.165) is 36.6 Å². The average Bonchev–Trinajstić information content (AvgIpc) is 2.69. The minimum atomic E-state index is -0.0319. The van der Waals surface area contributed by atoms with Crippen molar-refractivity contribution in [1.29, 1.82) is 0 Å². The van der Waals surface area contributed by atoms with Gasteiger partial charge in [-0.1, -0.05) is 6.08 Å². The SMILES string of the molecule is O=C1COCCN1c1ccc(N2CCC=C(N3CCOCC3)C2=O)cc1. The van der Waals surface area contributed by atoms with Crippen LogP contribution < -0.4 is 9.80 Å². The van der Waals surface area contributed by atoms with Gasteiger partial charge in [0.05, 0.1) is 25.5 Å². The van der Waals surface area contributed by atoms with Crippen LogP contribution in [0.15, 0.2) is 36.0 Å². The molecule has 2 fully saturated rings. The van der Waals surface area contributed by atoms with Crippen molar-refractivity contribution in [3.8, 4) is 0 Å². The first kappa shape index (κ1) is 17.1. The van der Waals surface area contributed by atoms with Gasteiger partial charge in [-0.2, -0.15) is 0 Å². The van der Waals surface area contributed by atoms with Crippen LogP contribution in [0.4, 0.5) is 11.4 Å². The zero-order chi connectivity index (χ0) is 17.9. The van der Waals surface area contributed by atoms with Crippen LogP contribution in [0.1, 0.15) is 6.42 Å². The molecule has 0 unspecified atom stereocenters. The highest BCUT2D eigenvalue weighted by Gasteiger charge is 2.28. The molecule has 0 bridgehead atoms. The van der Waals surface area contributed by atoms with Gasteiger partial charge in [0.2, 0.25) is 0 Å². The standard InChI is InChI=1S/C19H23N3O4/c23-18-14-26-13-10-21(18)15-3-5-16(6-4-15)22-7-1-2-17(19(22)24)20-8-11-25-12-9-20/h2-6H,1,7-14H2. The molecular formula is C19H23N3O4. The summed E-state index contributed by atoms with van der Waals surface area (Å²) < 4.78 is 10.6. The molecular weight excluding hydrogens is 334 g/mol. The lowest BCUT2D eigenvalue weighted by Crippen LogP contribution is -2.45. The van der Waals surface area contributed by atoms with E-state index in [-0.39, 0.29) is 18.4 Å². The van der Waals surface area contributed by atoms with Gasteiger partial charge in [0, 0.05) is 37.6 Å². The number of hydrogen-bond acceptors (Lipinski definition) is 5. The maximum absolute atomic E-state index is 13.0. The van der Waals surface area contributed by atoms with E-state index in [2.05, 4.69) is 4.90 Å². The lowest BCUT2D eigenvalue weighted by molar-refractivity contribution is -0.125. The molecule has 7 heteroatoms. The van der Waals surface area contributed by atoms with Crippen molar-refractivity contribution in [2.45, 2.75) is 6.42 Å². The smallest absolute Gasteiger partial charge is 0.274 e. The number of rotatable bonds is 3. The van der Waals surface area contributed by atoms with E-state index >= 15 is 0 Å². The van der Waals surface area contributed by atoms with Crippen molar-refractivity contribution in [2.24, 2.45) is 0 Å². The van der Waals surface area contributed by atoms with Gasteiger partial charge in [0.15, 0.2) is 0 Å². The number of ether oxygens (including phenoxy) is 2. The minimum Gasteiger partial charge on any atom is -0.378 e. The van der Waals surface area contributed by atoms with E-state index in [4.69, 9.17) is 9.47 Å². The number of anilines is 2. The summed E-state index contributed by atoms with van der Waals surface area (Å²) in [5.41, 5.74) is 2.47. The van der Waals surface area contributed by atoms with Gasteiger partial charge in [-0.05, 0) is 30.7 Å². The quantitative estimate of drug-likeness (QED) is 0.808. The van der Waals surface area contributed by atoms with Gasteiger partial charge in [-0.3, -0.25) is 9.59 Å². The number of nitrogens with zero attached hydrogens (tertiary/aromatic N) is 3. The Hall–Kier alpha value is -2.38. The number of amides is 2. The van der Waals surface area contributed by atoms with E-state index in [1.165, 1.54) is 0 Å². The summed E-state index contributed by atoms with van der Waals surface area (Å²) in [6.45, 7) is 4.73. The van der Waals surface area contributed by atoms with Crippen LogP contribution in [0, 0.1) is 0 Å². The van der Waals surface area contributed by atoms with Crippen LogP contribution in [0.3, 0.4) is 0 Å². The molecule has 26 heavy (non-hydrogen) atoms. The molecule has 0 atom stereocenters. The topological polar surface area (TPSA) is 62.3 Å². The second-order valence-corrected chi connectivity index (χ2v) is 6.55. The van der Waals surface area contributed by atoms with Crippen molar-refractivity contribution in [2.75, 3.05) is 62.4 Å². The highest BCUT2D eigenvalue weighted by Crippen LogP contribution is 2.26. The Bertz CT molecular complexity index is 710. The van der Waals surface area contributed by atoms with Crippen molar-refractivity contribution in [3.63, 3.8) is 0 Å². The predicted octanol–water partition coefficient (Wildman–Crippen LogP) is 1.00. The molecule has 0 aliphatic carbocycles. The monoisotopic (exact) mass is 357 g/mol. The molecule has 0 radical (unpaired) electrons. The number of morpholine rings is 2. The normalized spacial score (nSPS) is 21.8. The molecule has 0 N–H and O–H groups in total. The Morgan fingerprint density at radius 2 is 1.42 bits per heavy atom. The summed E-state index contributed by atoms with van der Waals surface area (Å²) in [4.78, 5) is 30.6. The zero-order valence-electron chi connectivity index (χ0n) is 14.7. The molecule has 0 saturated carbocycles. The number of hydrogen-bond donors (Lipinski definition) is 0. The fraction of sp³-hybridized carbons (Fsp3) is 0.474. The molecule has 3 aliphatic rings. The summed E-state index contributed by atoms with van der Waals surface area (Å²) in [6, 6.07) is 7.63. The van der Waals surface area contributed by atoms with Gasteiger partial charge >= 0.3 is 0 Å². The molecule has 1 aromatic carbocycles. The average molecular weight is 357 g/mol. The van der Waals surface area contributed by atoms with Crippen LogP contribution in [0.2, 0.25) is 0 Å². The highest BCUT2D eigenvalue weighted by atomic mass is 16.5. The molecule has 3 aliphatic heterocycles. The Morgan fingerprint density at radius 3 is 2.12 bits per heavy atom. The Labute approximate surface area is 152 Å². The lowest BCUT2D eigenvalue weighted by Gasteiger charge is -2.35. The molecule has 138 valence electrons. The third-order valence-corrected chi connectivity index (χ3v) is 4.97. The van der Waals surface area contributed by atoms with Crippen LogP contribution in [0.25, 0.3) is 0 Å². The van der Waals surface area contributed by atoms with E-state index in [1.807, 2.05) is 35.2 Å². The van der Waals surface area contributed by atoms with Gasteiger partial charge in [-0.15, -0.1) is 0 Å². The summed E-state index contributed by atoms with van der Waals surface area (Å²) in [5.74, 6) is 0.00364. The molecule has 2 saturated heterocycles. The Kier molecular flexibility index (Phi) is 4.90. The first-order valence-electron chi connectivity index (χ1n) is 9.07. The summed E-state index contributed by atoms with van der Waals surface area (Å²) >= 11 is 0. The van der Waals surface area contributed by atoms with Gasteiger partial charge < -0.3 is 24.2 Å². The number of benzene rings is 1. The van der Waals surface area contributed by atoms with Gasteiger partial charge in [-0.25, -0.2) is 0 Å². The molecule has 0 spiro atoms. The van der Waals surface area contributed by atoms with Crippen LogP contribution in [-0.2, 0) is 19.1 Å². The second kappa shape index (κ2) is 7.47. The molecule has 4 rings (SSSR count). The fourth-order valence-corrected chi connectivity index (χ4v) is 3.58. The number of carbonyl (C=O) groups is 2. The van der Waals surface area contributed by atoms with Crippen molar-refractivity contribution in [3.05, 3.63) is 36.0 Å². The molecule has 7 nitrogen and oxygen atoms in total. The van der Waals surface area contributed by atoms with E-state index in [9.17, 15) is 9.59 Å². The van der Waals surface area contributed by atoms with Gasteiger partial charge in [0.25, 0.3) is 11.8 Å². The fourth-order valence-electron chi connectivity index (χ4n) is 3.58. The lowest BCUT2D eigenvalue weighted by atomic mass is 10.1. The van der Waals surface area contributed by atoms with Gasteiger partial charge in [0.1, 0.15) is 6.61 Å². The summed E-state index contributed by atoms with van der Waals surface area (Å²) in [5, 5.41) is 0. The van der Waals surface area contributed by atoms with Crippen LogP contribution in [0.5, 0.6) is 0 Å². The third kappa shape index (κ3) is 3.32. The van der Waals surface area contributed by atoms with Crippen molar-refractivity contribution < 1.29 is 19.1 Å². The largest absolute Gasteiger partial charge is 0.378 e. The summed E-state index contributed by atoms with van der Waals surface area (Å²) in [6.07, 6.45) is 2.87. The Morgan fingerprint density at radius 1 is 0.769 bits per heavy atom. The highest BCUT2D eigenvalue weighted by molar-refractivity contribution is 6.06. The van der Waals surface area contributed by atoms with E-state index in [1.54, 1.807) is 4.90 Å². The molecule has 2 amide bonds. The zero-order valence-corrected chi connectivity index (χ0v) is 14.7. The minimum absolute atomic E-state index is 0.0319. The van der Waals surface area contributed by atoms with Crippen molar-refractivity contribution in [1.82, 2.24) is 4.90 Å². The molecule has 0 aromatic heterocycles. The Balaban J connectivity index is 1.49. The van der Waals surface area contributed by atoms with Crippen LogP contribution >= 0.6 is 0 Å². The molecule has 3 heterocycles. The second-order valence-electron chi connectivity index (χ2n) is 6.55. The predicted molar refractivity (Wildman–Crippen MR) is 97.1 cm³/mol. The number of carbonyl (C=O) groups excluding carboxylic acids is 2. The van der Waals surface area contributed by atoms with Crippen LogP contribution in [-0.4, -0.2) is 69.3 Å². The first-order chi connectivity index (χ1) is 12.7.